The predicted molar refractivity (Wildman–Crippen MR) is 117 cm³/mol. The minimum Gasteiger partial charge on any atom is -0.481 e. The average Bonchev–Trinajstić information content (AvgIpc) is 3.12. The number of nitrogens with one attached hydrogen (secondary N) is 2. The lowest BCUT2D eigenvalue weighted by Gasteiger charge is -2.10. The molecule has 0 saturated carbocycles. The van der Waals surface area contributed by atoms with Gasteiger partial charge in [0.1, 0.15) is 5.84 Å². The minimum absolute atomic E-state index is 0.0293. The monoisotopic (exact) mass is 440 g/mol. The normalized spacial score (nSPS) is 13.0. The third-order valence-corrected chi connectivity index (χ3v) is 5.15. The number of aliphatic carboxylic acids is 1. The molecule has 1 heterocycles. The Balaban J connectivity index is 1.46. The number of para-hydroxylation sites is 1. The molecule has 1 aliphatic rings. The van der Waals surface area contributed by atoms with Crippen LogP contribution in [0, 0.1) is 0 Å². The molecule has 0 saturated heterocycles. The van der Waals surface area contributed by atoms with Crippen molar-refractivity contribution in [3.63, 3.8) is 0 Å². The van der Waals surface area contributed by atoms with Gasteiger partial charge in [-0.15, -0.1) is 11.8 Å². The zero-order valence-electron chi connectivity index (χ0n) is 16.4. The number of hydrogen-bond donors (Lipinski definition) is 3. The van der Waals surface area contributed by atoms with Crippen LogP contribution in [0.4, 0.5) is 11.4 Å². The maximum Gasteiger partial charge on any atom is 0.303 e. The minimum atomic E-state index is -1.03. The molecule has 0 fully saturated rings. The fourth-order valence-corrected chi connectivity index (χ4v) is 3.39. The summed E-state index contributed by atoms with van der Waals surface area (Å²) in [6.45, 7) is 0. The number of hydrogen-bond acceptors (Lipinski definition) is 6. The van der Waals surface area contributed by atoms with Crippen molar-refractivity contribution in [2.75, 3.05) is 16.1 Å². The molecule has 3 amide bonds. The van der Waals surface area contributed by atoms with Crippen LogP contribution in [-0.4, -0.2) is 40.4 Å². The van der Waals surface area contributed by atoms with Crippen molar-refractivity contribution in [3.8, 4) is 0 Å². The van der Waals surface area contributed by atoms with Gasteiger partial charge in [0.2, 0.25) is 11.8 Å². The van der Waals surface area contributed by atoms with Crippen molar-refractivity contribution in [2.45, 2.75) is 24.2 Å². The number of nitrogens with zero attached hydrogens (tertiary/aromatic N) is 2. The standard InChI is InChI=1S/C21H20N4O5S/c26-18(10-11-21(29)30)22-14-6-8-16(9-7-14)31-13-19(27)23-17-12-20(28)25(24-17)15-4-2-1-3-5-15/h1-9H,10-13H2,(H,22,26)(H,29,30)(H,23,24,27). The number of hydrazone groups is 1. The van der Waals surface area contributed by atoms with Crippen molar-refractivity contribution in [2.24, 2.45) is 5.10 Å². The molecular formula is C21H20N4O5S. The first kappa shape index (κ1) is 22.0. The third kappa shape index (κ3) is 6.68. The predicted octanol–water partition coefficient (Wildman–Crippen LogP) is 2.45. The van der Waals surface area contributed by atoms with E-state index in [0.29, 0.717) is 17.2 Å². The molecule has 9 nitrogen and oxygen atoms in total. The number of carboxylic acids is 1. The van der Waals surface area contributed by atoms with Crippen LogP contribution in [0.5, 0.6) is 0 Å². The summed E-state index contributed by atoms with van der Waals surface area (Å²) in [7, 11) is 0. The van der Waals surface area contributed by atoms with Gasteiger partial charge in [0.05, 0.1) is 24.3 Å². The first-order valence-corrected chi connectivity index (χ1v) is 10.4. The van der Waals surface area contributed by atoms with E-state index in [-0.39, 0.29) is 42.7 Å². The number of amides is 3. The van der Waals surface area contributed by atoms with E-state index in [4.69, 9.17) is 5.11 Å². The summed E-state index contributed by atoms with van der Waals surface area (Å²) in [5.41, 5.74) is 1.19. The molecule has 160 valence electrons. The van der Waals surface area contributed by atoms with Crippen molar-refractivity contribution in [1.29, 1.82) is 0 Å². The zero-order valence-corrected chi connectivity index (χ0v) is 17.2. The second-order valence-electron chi connectivity index (χ2n) is 6.57. The highest BCUT2D eigenvalue weighted by Gasteiger charge is 2.26. The summed E-state index contributed by atoms with van der Waals surface area (Å²) in [6, 6.07) is 15.8. The number of carbonyl (C=O) groups excluding carboxylic acids is 3. The quantitative estimate of drug-likeness (QED) is 0.541. The summed E-state index contributed by atoms with van der Waals surface area (Å²) in [5.74, 6) is -1.46. The molecule has 0 spiro atoms. The average molecular weight is 440 g/mol. The van der Waals surface area contributed by atoms with E-state index in [1.54, 1.807) is 48.5 Å². The van der Waals surface area contributed by atoms with Crippen molar-refractivity contribution in [1.82, 2.24) is 5.32 Å². The maximum atomic E-state index is 12.2. The summed E-state index contributed by atoms with van der Waals surface area (Å²) in [4.78, 5) is 47.3. The lowest BCUT2D eigenvalue weighted by atomic mass is 10.2. The molecule has 0 unspecified atom stereocenters. The van der Waals surface area contributed by atoms with Gasteiger partial charge >= 0.3 is 5.97 Å². The summed E-state index contributed by atoms with van der Waals surface area (Å²) >= 11 is 1.30. The topological polar surface area (TPSA) is 128 Å². The zero-order chi connectivity index (χ0) is 22.2. The molecule has 0 aromatic heterocycles. The molecule has 1 aliphatic heterocycles. The van der Waals surface area contributed by atoms with E-state index < -0.39 is 5.97 Å². The van der Waals surface area contributed by atoms with Crippen molar-refractivity contribution >= 4 is 52.7 Å². The van der Waals surface area contributed by atoms with Crippen LogP contribution >= 0.6 is 11.8 Å². The fraction of sp³-hybridized carbons (Fsp3) is 0.190. The highest BCUT2D eigenvalue weighted by molar-refractivity contribution is 8.00. The van der Waals surface area contributed by atoms with Gasteiger partial charge < -0.3 is 15.7 Å². The van der Waals surface area contributed by atoms with Crippen LogP contribution in [-0.2, 0) is 19.2 Å². The Morgan fingerprint density at radius 3 is 2.35 bits per heavy atom. The lowest BCUT2D eigenvalue weighted by Crippen LogP contribution is -2.31. The van der Waals surface area contributed by atoms with Gasteiger partial charge in [-0.3, -0.25) is 19.2 Å². The highest BCUT2D eigenvalue weighted by atomic mass is 32.2. The van der Waals surface area contributed by atoms with Gasteiger partial charge in [0, 0.05) is 17.0 Å². The van der Waals surface area contributed by atoms with E-state index in [1.807, 2.05) is 6.07 Å². The Labute approximate surface area is 182 Å². The van der Waals surface area contributed by atoms with Gasteiger partial charge in [-0.05, 0) is 36.4 Å². The molecule has 10 heteroatoms. The Kier molecular flexibility index (Phi) is 7.39. The number of carboxylic acid groups (broad SMARTS) is 1. The first-order chi connectivity index (χ1) is 14.9. The Hall–Kier alpha value is -3.66. The van der Waals surface area contributed by atoms with E-state index >= 15 is 0 Å². The largest absolute Gasteiger partial charge is 0.481 e. The lowest BCUT2D eigenvalue weighted by molar-refractivity contribution is -0.138. The second-order valence-corrected chi connectivity index (χ2v) is 7.62. The molecule has 2 aromatic rings. The van der Waals surface area contributed by atoms with Crippen LogP contribution in [0.3, 0.4) is 0 Å². The van der Waals surface area contributed by atoms with Crippen LogP contribution in [0.2, 0.25) is 0 Å². The van der Waals surface area contributed by atoms with Gasteiger partial charge in [-0.1, -0.05) is 18.2 Å². The third-order valence-electron chi connectivity index (χ3n) is 4.13. The van der Waals surface area contributed by atoms with Crippen LogP contribution in [0.1, 0.15) is 19.3 Å². The fourth-order valence-electron chi connectivity index (χ4n) is 2.69. The Bertz CT molecular complexity index is 1010. The molecular weight excluding hydrogens is 420 g/mol. The summed E-state index contributed by atoms with van der Waals surface area (Å²) in [6.07, 6.45) is -0.295. The number of carbonyl (C=O) groups is 4. The van der Waals surface area contributed by atoms with Crippen molar-refractivity contribution < 1.29 is 24.3 Å². The van der Waals surface area contributed by atoms with Gasteiger partial charge in [-0.25, -0.2) is 0 Å². The van der Waals surface area contributed by atoms with Crippen LogP contribution < -0.4 is 15.6 Å². The molecule has 2 aromatic carbocycles. The molecule has 3 N–H and O–H groups in total. The molecule has 31 heavy (non-hydrogen) atoms. The number of thioether (sulfide) groups is 1. The van der Waals surface area contributed by atoms with E-state index in [1.165, 1.54) is 16.8 Å². The Morgan fingerprint density at radius 1 is 0.968 bits per heavy atom. The van der Waals surface area contributed by atoms with E-state index in [9.17, 15) is 19.2 Å². The number of amidine groups is 1. The van der Waals surface area contributed by atoms with Crippen molar-refractivity contribution in [3.05, 3.63) is 54.6 Å². The number of benzene rings is 2. The molecule has 0 radical (unpaired) electrons. The summed E-state index contributed by atoms with van der Waals surface area (Å²) < 4.78 is 0. The molecule has 0 atom stereocenters. The maximum absolute atomic E-state index is 12.2. The number of anilines is 2. The van der Waals surface area contributed by atoms with Crippen LogP contribution in [0.25, 0.3) is 0 Å². The number of rotatable bonds is 8. The highest BCUT2D eigenvalue weighted by Crippen LogP contribution is 2.21. The van der Waals surface area contributed by atoms with E-state index in [0.717, 1.165) is 4.90 Å². The second kappa shape index (κ2) is 10.4. The van der Waals surface area contributed by atoms with Gasteiger partial charge in [-0.2, -0.15) is 10.1 Å². The Morgan fingerprint density at radius 2 is 1.68 bits per heavy atom. The summed E-state index contributed by atoms with van der Waals surface area (Å²) in [5, 5.41) is 19.3. The smallest absolute Gasteiger partial charge is 0.303 e. The van der Waals surface area contributed by atoms with Crippen LogP contribution in [0.15, 0.2) is 64.6 Å². The first-order valence-electron chi connectivity index (χ1n) is 9.40. The van der Waals surface area contributed by atoms with Gasteiger partial charge in [0.15, 0.2) is 0 Å². The molecule has 3 rings (SSSR count). The van der Waals surface area contributed by atoms with Gasteiger partial charge in [0.25, 0.3) is 5.91 Å². The molecule has 0 aliphatic carbocycles. The molecule has 0 bridgehead atoms. The van der Waals surface area contributed by atoms with E-state index in [2.05, 4.69) is 15.7 Å². The SMILES string of the molecule is O=C(O)CCC(=O)Nc1ccc(SCC(=O)NC2=NN(c3ccccc3)C(=O)C2)cc1.